The average Bonchev–Trinajstić information content (AvgIpc) is 3.39. The van der Waals surface area contributed by atoms with E-state index in [1.54, 1.807) is 31.4 Å². The number of thioether (sulfide) groups is 1. The van der Waals surface area contributed by atoms with Crippen molar-refractivity contribution in [2.75, 3.05) is 26.8 Å². The number of imide groups is 1. The Hall–Kier alpha value is -3.26. The zero-order valence-electron chi connectivity index (χ0n) is 18.7. The van der Waals surface area contributed by atoms with E-state index in [-0.39, 0.29) is 30.1 Å². The van der Waals surface area contributed by atoms with Gasteiger partial charge in [-0.25, -0.2) is 0 Å². The standard InChI is InChI=1S/C25H26N2O5S/c1-3-32-20-10-7-16(13-21(20)31-2)14-22-24(29)27(25(30)33-22)12-11-26-23(28)19-9-8-17-5-4-6-18(17)15-19/h7-10,13-15H,3-6,11-12H2,1-2H3,(H,26,28)/b22-14-. The first-order valence-corrected chi connectivity index (χ1v) is 11.8. The summed E-state index contributed by atoms with van der Waals surface area (Å²) in [6.07, 6.45) is 4.84. The normalized spacial score (nSPS) is 16.3. The smallest absolute Gasteiger partial charge is 0.293 e. The second-order valence-corrected chi connectivity index (χ2v) is 8.76. The van der Waals surface area contributed by atoms with E-state index in [0.717, 1.165) is 41.5 Å². The summed E-state index contributed by atoms with van der Waals surface area (Å²) in [5.41, 5.74) is 3.87. The Bertz CT molecular complexity index is 1130. The number of carbonyl (C=O) groups excluding carboxylic acids is 3. The molecule has 1 aliphatic carbocycles. The fourth-order valence-corrected chi connectivity index (χ4v) is 4.85. The third-order valence-electron chi connectivity index (χ3n) is 5.64. The fourth-order valence-electron chi connectivity index (χ4n) is 3.99. The van der Waals surface area contributed by atoms with Crippen molar-refractivity contribution in [3.8, 4) is 11.5 Å². The van der Waals surface area contributed by atoms with Gasteiger partial charge in [0.2, 0.25) is 0 Å². The summed E-state index contributed by atoms with van der Waals surface area (Å²) >= 11 is 0.887. The largest absolute Gasteiger partial charge is 0.493 e. The first kappa shape index (κ1) is 22.9. The minimum absolute atomic E-state index is 0.116. The highest BCUT2D eigenvalue weighted by Gasteiger charge is 2.34. The van der Waals surface area contributed by atoms with Crippen molar-refractivity contribution in [2.24, 2.45) is 0 Å². The highest BCUT2D eigenvalue weighted by molar-refractivity contribution is 8.18. The van der Waals surface area contributed by atoms with Gasteiger partial charge in [-0.05, 0) is 85.0 Å². The van der Waals surface area contributed by atoms with Crippen LogP contribution in [-0.4, -0.2) is 48.8 Å². The van der Waals surface area contributed by atoms with Crippen molar-refractivity contribution in [1.82, 2.24) is 10.2 Å². The number of nitrogens with zero attached hydrogens (tertiary/aromatic N) is 1. The summed E-state index contributed by atoms with van der Waals surface area (Å²) in [5, 5.41) is 2.46. The molecule has 0 radical (unpaired) electrons. The lowest BCUT2D eigenvalue weighted by Crippen LogP contribution is -2.37. The molecule has 7 nitrogen and oxygen atoms in total. The van der Waals surface area contributed by atoms with Crippen molar-refractivity contribution in [1.29, 1.82) is 0 Å². The van der Waals surface area contributed by atoms with E-state index in [1.807, 2.05) is 25.1 Å². The molecule has 172 valence electrons. The third kappa shape index (κ3) is 5.06. The van der Waals surface area contributed by atoms with Crippen LogP contribution in [-0.2, 0) is 17.6 Å². The van der Waals surface area contributed by atoms with Crippen LogP contribution in [0.25, 0.3) is 6.08 Å². The Labute approximate surface area is 197 Å². The number of rotatable bonds is 8. The summed E-state index contributed by atoms with van der Waals surface area (Å²) in [6, 6.07) is 11.1. The monoisotopic (exact) mass is 466 g/mol. The highest BCUT2D eigenvalue weighted by atomic mass is 32.2. The van der Waals surface area contributed by atoms with E-state index in [2.05, 4.69) is 5.32 Å². The molecule has 2 aromatic carbocycles. The van der Waals surface area contributed by atoms with Gasteiger partial charge in [-0.1, -0.05) is 12.1 Å². The maximum Gasteiger partial charge on any atom is 0.293 e. The number of methoxy groups -OCH3 is 1. The predicted octanol–water partition coefficient (Wildman–Crippen LogP) is 4.05. The van der Waals surface area contributed by atoms with E-state index in [9.17, 15) is 14.4 Å². The molecule has 0 atom stereocenters. The van der Waals surface area contributed by atoms with E-state index in [1.165, 1.54) is 11.1 Å². The van der Waals surface area contributed by atoms with Crippen LogP contribution < -0.4 is 14.8 Å². The Morgan fingerprint density at radius 1 is 1.12 bits per heavy atom. The van der Waals surface area contributed by atoms with Gasteiger partial charge in [-0.15, -0.1) is 0 Å². The number of hydrogen-bond acceptors (Lipinski definition) is 6. The lowest BCUT2D eigenvalue weighted by molar-refractivity contribution is -0.122. The van der Waals surface area contributed by atoms with Crippen LogP contribution in [0.5, 0.6) is 11.5 Å². The summed E-state index contributed by atoms with van der Waals surface area (Å²) in [5.74, 6) is 0.599. The molecule has 1 aliphatic heterocycles. The number of ether oxygens (including phenoxy) is 2. The van der Waals surface area contributed by atoms with E-state index >= 15 is 0 Å². The quantitative estimate of drug-likeness (QED) is 0.591. The molecule has 2 aliphatic rings. The average molecular weight is 467 g/mol. The summed E-state index contributed by atoms with van der Waals surface area (Å²) in [7, 11) is 1.55. The van der Waals surface area contributed by atoms with Gasteiger partial charge < -0.3 is 14.8 Å². The lowest BCUT2D eigenvalue weighted by Gasteiger charge is -2.13. The maximum absolute atomic E-state index is 12.8. The van der Waals surface area contributed by atoms with E-state index in [0.29, 0.717) is 28.6 Å². The lowest BCUT2D eigenvalue weighted by atomic mass is 10.1. The molecule has 2 aromatic rings. The van der Waals surface area contributed by atoms with Crippen LogP contribution in [0.4, 0.5) is 4.79 Å². The Morgan fingerprint density at radius 3 is 2.73 bits per heavy atom. The van der Waals surface area contributed by atoms with Crippen LogP contribution >= 0.6 is 11.8 Å². The first-order valence-electron chi connectivity index (χ1n) is 11.0. The molecule has 4 rings (SSSR count). The Balaban J connectivity index is 1.37. The van der Waals surface area contributed by atoms with Gasteiger partial charge in [0, 0.05) is 18.7 Å². The van der Waals surface area contributed by atoms with Crippen LogP contribution in [0.3, 0.4) is 0 Å². The second kappa shape index (κ2) is 10.1. The highest BCUT2D eigenvalue weighted by Crippen LogP contribution is 2.34. The summed E-state index contributed by atoms with van der Waals surface area (Å²) in [6.45, 7) is 2.71. The molecule has 1 saturated heterocycles. The van der Waals surface area contributed by atoms with E-state index in [4.69, 9.17) is 9.47 Å². The number of nitrogens with one attached hydrogen (secondary N) is 1. The maximum atomic E-state index is 12.8. The summed E-state index contributed by atoms with van der Waals surface area (Å²) < 4.78 is 10.9. The minimum Gasteiger partial charge on any atom is -0.493 e. The zero-order valence-corrected chi connectivity index (χ0v) is 19.5. The molecule has 1 heterocycles. The molecule has 33 heavy (non-hydrogen) atoms. The van der Waals surface area contributed by atoms with Crippen molar-refractivity contribution in [2.45, 2.75) is 26.2 Å². The topological polar surface area (TPSA) is 84.9 Å². The molecule has 0 spiro atoms. The minimum atomic E-state index is -0.371. The second-order valence-electron chi connectivity index (χ2n) is 7.77. The van der Waals surface area contributed by atoms with Crippen LogP contribution in [0.2, 0.25) is 0 Å². The van der Waals surface area contributed by atoms with Gasteiger partial charge in [0.05, 0.1) is 18.6 Å². The van der Waals surface area contributed by atoms with Gasteiger partial charge in [-0.3, -0.25) is 19.3 Å². The van der Waals surface area contributed by atoms with Gasteiger partial charge in [0.25, 0.3) is 17.1 Å². The van der Waals surface area contributed by atoms with Gasteiger partial charge in [-0.2, -0.15) is 0 Å². The molecule has 8 heteroatoms. The van der Waals surface area contributed by atoms with Crippen LogP contribution in [0.15, 0.2) is 41.3 Å². The molecular weight excluding hydrogens is 440 g/mol. The molecule has 1 fully saturated rings. The number of hydrogen-bond donors (Lipinski definition) is 1. The first-order chi connectivity index (χ1) is 16.0. The molecule has 0 aromatic heterocycles. The number of aryl methyl sites for hydroxylation is 2. The van der Waals surface area contributed by atoms with Crippen molar-refractivity contribution >= 4 is 34.9 Å². The van der Waals surface area contributed by atoms with Gasteiger partial charge in [0.15, 0.2) is 11.5 Å². The molecular formula is C25H26N2O5S. The molecule has 0 bridgehead atoms. The molecule has 1 N–H and O–H groups in total. The fraction of sp³-hybridized carbons (Fsp3) is 0.320. The number of carbonyl (C=O) groups is 3. The van der Waals surface area contributed by atoms with Gasteiger partial charge in [0.1, 0.15) is 0 Å². The number of fused-ring (bicyclic) bond motifs is 1. The van der Waals surface area contributed by atoms with Crippen LogP contribution in [0, 0.1) is 0 Å². The number of amides is 3. The Kier molecular flexibility index (Phi) is 7.03. The van der Waals surface area contributed by atoms with E-state index < -0.39 is 0 Å². The summed E-state index contributed by atoms with van der Waals surface area (Å²) in [4.78, 5) is 39.1. The van der Waals surface area contributed by atoms with Crippen LogP contribution in [0.1, 0.15) is 40.4 Å². The predicted molar refractivity (Wildman–Crippen MR) is 128 cm³/mol. The van der Waals surface area contributed by atoms with Crippen molar-refractivity contribution in [3.05, 3.63) is 63.6 Å². The molecule has 0 saturated carbocycles. The molecule has 0 unspecified atom stereocenters. The van der Waals surface area contributed by atoms with Gasteiger partial charge >= 0.3 is 0 Å². The number of benzene rings is 2. The molecule has 3 amide bonds. The Morgan fingerprint density at radius 2 is 1.94 bits per heavy atom. The zero-order chi connectivity index (χ0) is 23.4. The third-order valence-corrected chi connectivity index (χ3v) is 6.55. The van der Waals surface area contributed by atoms with Crippen molar-refractivity contribution < 1.29 is 23.9 Å². The SMILES string of the molecule is CCOc1ccc(/C=C2\SC(=O)N(CCNC(=O)c3ccc4c(c3)CCC4)C2=O)cc1OC. The van der Waals surface area contributed by atoms with Crippen molar-refractivity contribution in [3.63, 3.8) is 0 Å².